The Morgan fingerprint density at radius 2 is 1.96 bits per heavy atom. The van der Waals surface area contributed by atoms with E-state index >= 15 is 0 Å². The number of hydrogen-bond donors (Lipinski definition) is 2. The van der Waals surface area contributed by atoms with Gasteiger partial charge in [0, 0.05) is 12.1 Å². The van der Waals surface area contributed by atoms with E-state index in [1.54, 1.807) is 30.3 Å². The maximum absolute atomic E-state index is 12.1. The zero-order chi connectivity index (χ0) is 18.4. The van der Waals surface area contributed by atoms with Crippen LogP contribution in [0.25, 0.3) is 0 Å². The van der Waals surface area contributed by atoms with E-state index in [2.05, 4.69) is 12.2 Å². The average Bonchev–Trinajstić information content (AvgIpc) is 2.56. The normalized spacial score (nSPS) is 11.2. The van der Waals surface area contributed by atoms with Crippen LogP contribution in [-0.2, 0) is 10.0 Å². The monoisotopic (exact) mass is 398 g/mol. The van der Waals surface area contributed by atoms with Crippen molar-refractivity contribution >= 4 is 43.9 Å². The molecule has 0 aliphatic rings. The minimum atomic E-state index is -4.05. The Hall–Kier alpha value is -1.67. The van der Waals surface area contributed by atoms with Gasteiger partial charge in [-0.05, 0) is 30.7 Å². The highest BCUT2D eigenvalue weighted by molar-refractivity contribution is 7.89. The number of ether oxygens (including phenoxy) is 1. The molecule has 3 N–H and O–H groups in total. The molecule has 0 aliphatic heterocycles. The standard InChI is InChI=1S/C17H19ClN2O3S2/c1-2-3-9-20-14-10-12(17(18)24)11-15(25(19,21)22)16(14)23-13-7-5-4-6-8-13/h4-8,10-11,20H,2-3,9H2,1H3,(H2,19,21,22). The number of anilines is 1. The molecule has 0 spiro atoms. The number of para-hydroxylation sites is 1. The minimum Gasteiger partial charge on any atom is -0.454 e. The van der Waals surface area contributed by atoms with Crippen LogP contribution >= 0.6 is 23.8 Å². The van der Waals surface area contributed by atoms with Crippen LogP contribution in [0.3, 0.4) is 0 Å². The third-order valence-electron chi connectivity index (χ3n) is 3.40. The fourth-order valence-corrected chi connectivity index (χ4v) is 3.10. The second-order valence-electron chi connectivity index (χ2n) is 5.37. The molecule has 0 unspecified atom stereocenters. The lowest BCUT2D eigenvalue weighted by Gasteiger charge is -2.17. The van der Waals surface area contributed by atoms with Crippen LogP contribution in [0.4, 0.5) is 5.69 Å². The Morgan fingerprint density at radius 1 is 1.28 bits per heavy atom. The lowest BCUT2D eigenvalue weighted by Crippen LogP contribution is -2.15. The summed E-state index contributed by atoms with van der Waals surface area (Å²) in [6, 6.07) is 11.9. The first-order valence-corrected chi connectivity index (χ1v) is 10.0. The number of thiocarbonyl (C=S) groups is 1. The van der Waals surface area contributed by atoms with Gasteiger partial charge in [-0.3, -0.25) is 0 Å². The lowest BCUT2D eigenvalue weighted by molar-refractivity contribution is 0.469. The average molecular weight is 399 g/mol. The number of nitrogens with two attached hydrogens (primary N) is 1. The van der Waals surface area contributed by atoms with E-state index in [0.29, 0.717) is 23.5 Å². The number of primary sulfonamides is 1. The number of nitrogens with one attached hydrogen (secondary N) is 1. The molecular formula is C17H19ClN2O3S2. The molecule has 0 fully saturated rings. The predicted molar refractivity (Wildman–Crippen MR) is 105 cm³/mol. The first-order chi connectivity index (χ1) is 11.8. The van der Waals surface area contributed by atoms with Gasteiger partial charge in [0.25, 0.3) is 0 Å². The van der Waals surface area contributed by atoms with Crippen molar-refractivity contribution in [2.24, 2.45) is 5.14 Å². The van der Waals surface area contributed by atoms with Crippen molar-refractivity contribution in [3.05, 3.63) is 48.0 Å². The van der Waals surface area contributed by atoms with Crippen molar-refractivity contribution < 1.29 is 13.2 Å². The fraction of sp³-hybridized carbons (Fsp3) is 0.235. The molecule has 0 radical (unpaired) electrons. The highest BCUT2D eigenvalue weighted by atomic mass is 35.5. The summed E-state index contributed by atoms with van der Waals surface area (Å²) in [6.45, 7) is 2.70. The largest absolute Gasteiger partial charge is 0.454 e. The molecule has 0 saturated heterocycles. The van der Waals surface area contributed by atoms with Crippen LogP contribution in [-0.4, -0.2) is 19.3 Å². The SMILES string of the molecule is CCCCNc1cc(C(=S)Cl)cc(S(N)(=O)=O)c1Oc1ccccc1. The number of unbranched alkanes of at least 4 members (excludes halogenated alkanes) is 1. The van der Waals surface area contributed by atoms with E-state index in [1.807, 2.05) is 6.07 Å². The van der Waals surface area contributed by atoms with Crippen LogP contribution < -0.4 is 15.2 Å². The Morgan fingerprint density at radius 3 is 2.52 bits per heavy atom. The second kappa shape index (κ2) is 8.62. The quantitative estimate of drug-likeness (QED) is 0.394. The summed E-state index contributed by atoms with van der Waals surface area (Å²) in [5.41, 5.74) is 0.863. The van der Waals surface area contributed by atoms with E-state index in [4.69, 9.17) is 33.7 Å². The molecule has 8 heteroatoms. The molecule has 5 nitrogen and oxygen atoms in total. The van der Waals surface area contributed by atoms with Gasteiger partial charge in [0.2, 0.25) is 10.0 Å². The van der Waals surface area contributed by atoms with E-state index in [-0.39, 0.29) is 15.0 Å². The molecule has 134 valence electrons. The molecule has 2 rings (SSSR count). The summed E-state index contributed by atoms with van der Waals surface area (Å²) in [4.78, 5) is -0.171. The number of hydrogen-bond acceptors (Lipinski definition) is 5. The van der Waals surface area contributed by atoms with Gasteiger partial charge in [-0.25, -0.2) is 13.6 Å². The number of benzene rings is 2. The topological polar surface area (TPSA) is 81.4 Å². The highest BCUT2D eigenvalue weighted by Gasteiger charge is 2.22. The Kier molecular flexibility index (Phi) is 6.78. The molecule has 0 aliphatic carbocycles. The molecule has 2 aromatic rings. The van der Waals surface area contributed by atoms with Crippen molar-refractivity contribution in [2.75, 3.05) is 11.9 Å². The minimum absolute atomic E-state index is 0.0507. The van der Waals surface area contributed by atoms with Gasteiger partial charge >= 0.3 is 0 Å². The van der Waals surface area contributed by atoms with Crippen molar-refractivity contribution in [1.82, 2.24) is 0 Å². The van der Waals surface area contributed by atoms with E-state index in [0.717, 1.165) is 12.8 Å². The number of sulfonamides is 1. The van der Waals surface area contributed by atoms with E-state index in [1.165, 1.54) is 6.07 Å². The van der Waals surface area contributed by atoms with Crippen LogP contribution in [0, 0.1) is 0 Å². The van der Waals surface area contributed by atoms with Crippen LogP contribution in [0.15, 0.2) is 47.4 Å². The van der Waals surface area contributed by atoms with Gasteiger partial charge in [-0.2, -0.15) is 0 Å². The molecule has 0 bridgehead atoms. The molecule has 0 amide bonds. The molecular weight excluding hydrogens is 380 g/mol. The Bertz CT molecular complexity index is 856. The maximum atomic E-state index is 12.1. The molecule has 0 aromatic heterocycles. The first-order valence-electron chi connectivity index (χ1n) is 7.70. The Labute approximate surface area is 158 Å². The van der Waals surface area contributed by atoms with Crippen molar-refractivity contribution in [3.63, 3.8) is 0 Å². The second-order valence-corrected chi connectivity index (χ2v) is 7.91. The molecule has 0 heterocycles. The van der Waals surface area contributed by atoms with Crippen molar-refractivity contribution in [2.45, 2.75) is 24.7 Å². The fourth-order valence-electron chi connectivity index (χ4n) is 2.17. The van der Waals surface area contributed by atoms with Gasteiger partial charge in [0.1, 0.15) is 15.0 Å². The summed E-state index contributed by atoms with van der Waals surface area (Å²) in [5, 5.41) is 8.56. The van der Waals surface area contributed by atoms with E-state index in [9.17, 15) is 8.42 Å². The predicted octanol–water partition coefficient (Wildman–Crippen LogP) is 4.25. The summed E-state index contributed by atoms with van der Waals surface area (Å²) in [7, 11) is -4.05. The zero-order valence-electron chi connectivity index (χ0n) is 13.7. The summed E-state index contributed by atoms with van der Waals surface area (Å²) in [5.74, 6) is 0.619. The maximum Gasteiger partial charge on any atom is 0.241 e. The molecule has 25 heavy (non-hydrogen) atoms. The zero-order valence-corrected chi connectivity index (χ0v) is 16.0. The van der Waals surface area contributed by atoms with E-state index < -0.39 is 10.0 Å². The summed E-state index contributed by atoms with van der Waals surface area (Å²) >= 11 is 10.9. The van der Waals surface area contributed by atoms with Crippen molar-refractivity contribution in [3.8, 4) is 11.5 Å². The third kappa shape index (κ3) is 5.40. The smallest absolute Gasteiger partial charge is 0.241 e. The number of halogens is 1. The van der Waals surface area contributed by atoms with Gasteiger partial charge in [0.05, 0.1) is 5.69 Å². The van der Waals surface area contributed by atoms with Crippen LogP contribution in [0.5, 0.6) is 11.5 Å². The van der Waals surface area contributed by atoms with Crippen LogP contribution in [0.1, 0.15) is 25.3 Å². The van der Waals surface area contributed by atoms with Gasteiger partial charge in [0.15, 0.2) is 5.75 Å². The molecule has 2 aromatic carbocycles. The highest BCUT2D eigenvalue weighted by Crippen LogP contribution is 2.37. The van der Waals surface area contributed by atoms with Gasteiger partial charge < -0.3 is 10.1 Å². The first kappa shape index (κ1) is 19.7. The van der Waals surface area contributed by atoms with Gasteiger partial charge in [-0.1, -0.05) is 55.4 Å². The summed E-state index contributed by atoms with van der Waals surface area (Å²) < 4.78 is 30.0. The van der Waals surface area contributed by atoms with Gasteiger partial charge in [-0.15, -0.1) is 0 Å². The number of rotatable bonds is 8. The molecule has 0 saturated carbocycles. The van der Waals surface area contributed by atoms with Crippen molar-refractivity contribution in [1.29, 1.82) is 0 Å². The van der Waals surface area contributed by atoms with Crippen LogP contribution in [0.2, 0.25) is 0 Å². The Balaban J connectivity index is 2.59. The third-order valence-corrected chi connectivity index (χ3v) is 4.77. The molecule has 0 atom stereocenters. The lowest BCUT2D eigenvalue weighted by atomic mass is 10.2. The summed E-state index contributed by atoms with van der Waals surface area (Å²) in [6.07, 6.45) is 1.89.